The Hall–Kier alpha value is -0.450. The topological polar surface area (TPSA) is 28.2 Å². The van der Waals surface area contributed by atoms with E-state index in [0.717, 1.165) is 31.6 Å². The van der Waals surface area contributed by atoms with Crippen LogP contribution in [0.1, 0.15) is 51.2 Å². The predicted octanol–water partition coefficient (Wildman–Crippen LogP) is 3.51. The molecule has 1 heterocycles. The number of hydrogen-bond acceptors (Lipinski definition) is 4. The largest absolute Gasteiger partial charge is 0.310 e. The highest BCUT2D eigenvalue weighted by Gasteiger charge is 2.29. The quantitative estimate of drug-likeness (QED) is 0.755. The second-order valence-corrected chi connectivity index (χ2v) is 7.75. The van der Waals surface area contributed by atoms with Crippen LogP contribution in [-0.2, 0) is 13.1 Å². The first kappa shape index (κ1) is 15.9. The first-order chi connectivity index (χ1) is 9.54. The Morgan fingerprint density at radius 3 is 2.65 bits per heavy atom. The van der Waals surface area contributed by atoms with Gasteiger partial charge in [-0.25, -0.2) is 4.98 Å². The summed E-state index contributed by atoms with van der Waals surface area (Å²) in [6.07, 6.45) is 2.75. The number of rotatable bonds is 9. The van der Waals surface area contributed by atoms with Crippen molar-refractivity contribution in [1.29, 1.82) is 0 Å². The smallest absolute Gasteiger partial charge is 0.107 e. The molecule has 1 N–H and O–H groups in total. The van der Waals surface area contributed by atoms with Gasteiger partial charge in [-0.3, -0.25) is 4.90 Å². The van der Waals surface area contributed by atoms with Gasteiger partial charge in [0.05, 0.1) is 5.69 Å². The Morgan fingerprint density at radius 2 is 2.05 bits per heavy atom. The minimum Gasteiger partial charge on any atom is -0.310 e. The number of aromatic nitrogens is 1. The predicted molar refractivity (Wildman–Crippen MR) is 86.9 cm³/mol. The summed E-state index contributed by atoms with van der Waals surface area (Å²) in [5.74, 6) is 1.44. The third-order valence-electron chi connectivity index (χ3n) is 3.46. The van der Waals surface area contributed by atoms with E-state index in [1.807, 2.05) is 0 Å². The van der Waals surface area contributed by atoms with Crippen LogP contribution < -0.4 is 5.32 Å². The van der Waals surface area contributed by atoms with Crippen LogP contribution >= 0.6 is 11.3 Å². The Balaban J connectivity index is 1.81. The maximum absolute atomic E-state index is 4.78. The molecule has 4 heteroatoms. The van der Waals surface area contributed by atoms with E-state index >= 15 is 0 Å². The lowest BCUT2D eigenvalue weighted by molar-refractivity contribution is 0.224. The van der Waals surface area contributed by atoms with E-state index < -0.39 is 0 Å². The zero-order valence-electron chi connectivity index (χ0n) is 13.4. The molecular weight excluding hydrogens is 266 g/mol. The van der Waals surface area contributed by atoms with Crippen LogP contribution in [0.25, 0.3) is 0 Å². The van der Waals surface area contributed by atoms with Crippen LogP contribution in [0.15, 0.2) is 5.38 Å². The monoisotopic (exact) mass is 295 g/mol. The van der Waals surface area contributed by atoms with E-state index in [9.17, 15) is 0 Å². The van der Waals surface area contributed by atoms with Crippen molar-refractivity contribution >= 4 is 11.3 Å². The third kappa shape index (κ3) is 5.51. The van der Waals surface area contributed by atoms with E-state index in [0.29, 0.717) is 5.92 Å². The van der Waals surface area contributed by atoms with Crippen molar-refractivity contribution in [1.82, 2.24) is 15.2 Å². The van der Waals surface area contributed by atoms with Gasteiger partial charge in [0.25, 0.3) is 0 Å². The van der Waals surface area contributed by atoms with Crippen LogP contribution in [0.5, 0.6) is 0 Å². The fraction of sp³-hybridized carbons (Fsp3) is 0.812. The summed E-state index contributed by atoms with van der Waals surface area (Å²) in [6, 6.07) is 0.821. The highest BCUT2D eigenvalue weighted by atomic mass is 32.1. The third-order valence-corrected chi connectivity index (χ3v) is 4.35. The summed E-state index contributed by atoms with van der Waals surface area (Å²) in [4.78, 5) is 7.39. The summed E-state index contributed by atoms with van der Waals surface area (Å²) in [5.41, 5.74) is 1.25. The van der Waals surface area contributed by atoms with Crippen molar-refractivity contribution in [3.8, 4) is 0 Å². The molecule has 0 amide bonds. The van der Waals surface area contributed by atoms with Gasteiger partial charge in [-0.1, -0.05) is 27.7 Å². The average molecular weight is 295 g/mol. The lowest BCUT2D eigenvalue weighted by Crippen LogP contribution is -2.29. The summed E-state index contributed by atoms with van der Waals surface area (Å²) in [5, 5.41) is 6.93. The number of thiazole rings is 1. The Labute approximate surface area is 127 Å². The molecule has 0 spiro atoms. The minimum absolute atomic E-state index is 0.700. The molecule has 0 saturated heterocycles. The number of nitrogens with zero attached hydrogens (tertiary/aromatic N) is 2. The number of nitrogens with one attached hydrogen (secondary N) is 1. The summed E-state index contributed by atoms with van der Waals surface area (Å²) >= 11 is 1.79. The minimum atomic E-state index is 0.700. The zero-order valence-corrected chi connectivity index (χ0v) is 14.2. The fourth-order valence-corrected chi connectivity index (χ4v) is 3.18. The molecule has 1 aromatic rings. The highest BCUT2D eigenvalue weighted by molar-refractivity contribution is 7.09. The summed E-state index contributed by atoms with van der Waals surface area (Å²) in [7, 11) is 0. The van der Waals surface area contributed by atoms with Gasteiger partial charge < -0.3 is 5.32 Å². The van der Waals surface area contributed by atoms with Crippen molar-refractivity contribution in [3.05, 3.63) is 16.1 Å². The zero-order chi connectivity index (χ0) is 14.5. The number of hydrogen-bond donors (Lipinski definition) is 1. The summed E-state index contributed by atoms with van der Waals surface area (Å²) in [6.45, 7) is 13.3. The molecule has 3 nitrogen and oxygen atoms in total. The van der Waals surface area contributed by atoms with Crippen molar-refractivity contribution in [2.45, 2.75) is 59.7 Å². The van der Waals surface area contributed by atoms with E-state index in [4.69, 9.17) is 4.98 Å². The molecule has 1 fully saturated rings. The fourth-order valence-electron chi connectivity index (χ4n) is 2.43. The van der Waals surface area contributed by atoms with Gasteiger partial charge in [0.2, 0.25) is 0 Å². The molecule has 0 aromatic carbocycles. The van der Waals surface area contributed by atoms with Crippen LogP contribution in [0.3, 0.4) is 0 Å². The molecule has 0 aliphatic heterocycles. The molecule has 2 rings (SSSR count). The molecule has 1 aromatic heterocycles. The van der Waals surface area contributed by atoms with Gasteiger partial charge in [0.15, 0.2) is 0 Å². The van der Waals surface area contributed by atoms with Crippen LogP contribution in [0.4, 0.5) is 0 Å². The molecule has 1 saturated carbocycles. The molecule has 20 heavy (non-hydrogen) atoms. The van der Waals surface area contributed by atoms with Crippen molar-refractivity contribution < 1.29 is 0 Å². The SMILES string of the molecule is CC(C)CNCc1nc(CN(CC(C)C)C2CC2)cs1. The van der Waals surface area contributed by atoms with E-state index in [1.165, 1.54) is 30.1 Å². The van der Waals surface area contributed by atoms with Gasteiger partial charge in [-0.15, -0.1) is 11.3 Å². The first-order valence-electron chi connectivity index (χ1n) is 7.92. The van der Waals surface area contributed by atoms with E-state index in [-0.39, 0.29) is 0 Å². The molecular formula is C16H29N3S. The van der Waals surface area contributed by atoms with E-state index in [1.54, 1.807) is 11.3 Å². The standard InChI is InChI=1S/C16H29N3S/c1-12(2)7-17-8-16-18-14(11-20-16)10-19(9-13(3)4)15-5-6-15/h11-13,15,17H,5-10H2,1-4H3. The van der Waals surface area contributed by atoms with Crippen LogP contribution in [-0.4, -0.2) is 29.0 Å². The van der Waals surface area contributed by atoms with Crippen LogP contribution in [0.2, 0.25) is 0 Å². The lowest BCUT2D eigenvalue weighted by atomic mass is 10.2. The molecule has 0 atom stereocenters. The van der Waals surface area contributed by atoms with Crippen LogP contribution in [0, 0.1) is 11.8 Å². The first-order valence-corrected chi connectivity index (χ1v) is 8.80. The second kappa shape index (κ2) is 7.53. The maximum Gasteiger partial charge on any atom is 0.107 e. The normalized spacial score (nSPS) is 15.8. The average Bonchev–Trinajstić information content (AvgIpc) is 3.10. The van der Waals surface area contributed by atoms with E-state index in [2.05, 4.69) is 43.3 Å². The van der Waals surface area contributed by atoms with Crippen molar-refractivity contribution in [2.24, 2.45) is 11.8 Å². The lowest BCUT2D eigenvalue weighted by Gasteiger charge is -2.22. The van der Waals surface area contributed by atoms with Gasteiger partial charge in [-0.05, 0) is 31.2 Å². The molecule has 0 radical (unpaired) electrons. The Bertz CT molecular complexity index is 396. The van der Waals surface area contributed by atoms with Gasteiger partial charge in [0.1, 0.15) is 5.01 Å². The molecule has 0 unspecified atom stereocenters. The highest BCUT2D eigenvalue weighted by Crippen LogP contribution is 2.29. The van der Waals surface area contributed by atoms with Gasteiger partial charge in [-0.2, -0.15) is 0 Å². The maximum atomic E-state index is 4.78. The molecule has 1 aliphatic rings. The van der Waals surface area contributed by atoms with Gasteiger partial charge >= 0.3 is 0 Å². The van der Waals surface area contributed by atoms with Gasteiger partial charge in [0, 0.05) is 31.1 Å². The second-order valence-electron chi connectivity index (χ2n) is 6.81. The Kier molecular flexibility index (Phi) is 6.00. The molecule has 114 valence electrons. The van der Waals surface area contributed by atoms with Crippen molar-refractivity contribution in [2.75, 3.05) is 13.1 Å². The molecule has 1 aliphatic carbocycles. The summed E-state index contributed by atoms with van der Waals surface area (Å²) < 4.78 is 0. The van der Waals surface area contributed by atoms with Crippen molar-refractivity contribution in [3.63, 3.8) is 0 Å². The Morgan fingerprint density at radius 1 is 1.30 bits per heavy atom. The molecule has 0 bridgehead atoms.